The Balaban J connectivity index is 1.65. The van der Waals surface area contributed by atoms with Crippen molar-refractivity contribution in [3.05, 3.63) is 57.1 Å². The van der Waals surface area contributed by atoms with Crippen molar-refractivity contribution in [3.8, 4) is 17.5 Å². The third-order valence-electron chi connectivity index (χ3n) is 2.94. The van der Waals surface area contributed by atoms with Crippen molar-refractivity contribution < 1.29 is 9.32 Å². The van der Waals surface area contributed by atoms with E-state index in [0.29, 0.717) is 26.5 Å². The molecule has 0 atom stereocenters. The molecule has 3 aromatic rings. The highest BCUT2D eigenvalue weighted by Crippen LogP contribution is 2.21. The Bertz CT molecular complexity index is 880. The number of halogens is 1. The summed E-state index contributed by atoms with van der Waals surface area (Å²) in [6.45, 7) is 0.123. The normalized spacial score (nSPS) is 10.3. The first-order valence-electron chi connectivity index (χ1n) is 6.52. The lowest BCUT2D eigenvalue weighted by Crippen LogP contribution is -2.21. The minimum atomic E-state index is -0.250. The fraction of sp³-hybridized carbons (Fsp3) is 0.0667. The van der Waals surface area contributed by atoms with Gasteiger partial charge in [-0.25, -0.2) is 0 Å². The molecule has 114 valence electrons. The molecule has 1 amide bonds. The standard InChI is InChI=1S/C15H9ClN4O2S/c16-12-6-5-11(23-12)15(21)18-8-13-19-14(20-22-13)10-3-1-9(7-17)2-4-10/h1-6H,8H2,(H,18,21). The molecule has 3 rings (SSSR count). The van der Waals surface area contributed by atoms with Crippen LogP contribution in [0.2, 0.25) is 4.34 Å². The molecule has 1 N–H and O–H groups in total. The van der Waals surface area contributed by atoms with E-state index in [1.165, 1.54) is 11.3 Å². The Labute approximate surface area is 140 Å². The van der Waals surface area contributed by atoms with E-state index in [4.69, 9.17) is 21.4 Å². The molecule has 0 radical (unpaired) electrons. The van der Waals surface area contributed by atoms with Gasteiger partial charge in [0.25, 0.3) is 5.91 Å². The summed E-state index contributed by atoms with van der Waals surface area (Å²) in [6.07, 6.45) is 0. The van der Waals surface area contributed by atoms with E-state index in [1.807, 2.05) is 6.07 Å². The highest BCUT2D eigenvalue weighted by atomic mass is 35.5. The van der Waals surface area contributed by atoms with Crippen molar-refractivity contribution in [1.82, 2.24) is 15.5 Å². The van der Waals surface area contributed by atoms with Crippen LogP contribution in [0.25, 0.3) is 11.4 Å². The van der Waals surface area contributed by atoms with E-state index >= 15 is 0 Å². The smallest absolute Gasteiger partial charge is 0.261 e. The van der Waals surface area contributed by atoms with Gasteiger partial charge in [0.1, 0.15) is 0 Å². The van der Waals surface area contributed by atoms with Gasteiger partial charge in [-0.2, -0.15) is 10.2 Å². The number of benzene rings is 1. The summed E-state index contributed by atoms with van der Waals surface area (Å²) in [5.74, 6) is 0.443. The molecule has 0 saturated carbocycles. The number of carbonyl (C=O) groups is 1. The van der Waals surface area contributed by atoms with Crippen LogP contribution in [0.5, 0.6) is 0 Å². The van der Waals surface area contributed by atoms with Crippen molar-refractivity contribution in [1.29, 1.82) is 5.26 Å². The van der Waals surface area contributed by atoms with Crippen molar-refractivity contribution in [3.63, 3.8) is 0 Å². The van der Waals surface area contributed by atoms with Crippen LogP contribution < -0.4 is 5.32 Å². The second-order valence-electron chi connectivity index (χ2n) is 4.49. The summed E-state index contributed by atoms with van der Waals surface area (Å²) in [7, 11) is 0. The first kappa shape index (κ1) is 15.2. The number of amides is 1. The maximum Gasteiger partial charge on any atom is 0.261 e. The van der Waals surface area contributed by atoms with E-state index < -0.39 is 0 Å². The number of nitrogens with one attached hydrogen (secondary N) is 1. The molecule has 2 aromatic heterocycles. The van der Waals surface area contributed by atoms with Crippen molar-refractivity contribution in [2.75, 3.05) is 0 Å². The van der Waals surface area contributed by atoms with E-state index in [0.717, 1.165) is 5.56 Å². The van der Waals surface area contributed by atoms with Gasteiger partial charge in [-0.15, -0.1) is 11.3 Å². The van der Waals surface area contributed by atoms with E-state index in [-0.39, 0.29) is 12.5 Å². The van der Waals surface area contributed by atoms with Crippen LogP contribution in [-0.2, 0) is 6.54 Å². The van der Waals surface area contributed by atoms with Crippen LogP contribution in [0.1, 0.15) is 21.1 Å². The summed E-state index contributed by atoms with van der Waals surface area (Å²) < 4.78 is 5.66. The average molecular weight is 345 g/mol. The molecule has 23 heavy (non-hydrogen) atoms. The third kappa shape index (κ3) is 3.56. The molecule has 0 fully saturated rings. The fourth-order valence-electron chi connectivity index (χ4n) is 1.82. The Morgan fingerprint density at radius 1 is 1.30 bits per heavy atom. The minimum Gasteiger partial charge on any atom is -0.342 e. The maximum absolute atomic E-state index is 11.9. The Kier molecular flexibility index (Phi) is 4.37. The van der Waals surface area contributed by atoms with Crippen molar-refractivity contribution >= 4 is 28.8 Å². The number of carbonyl (C=O) groups excluding carboxylic acids is 1. The SMILES string of the molecule is N#Cc1ccc(-c2noc(CNC(=O)c3ccc(Cl)s3)n2)cc1. The average Bonchev–Trinajstić information content (AvgIpc) is 3.22. The minimum absolute atomic E-state index is 0.123. The van der Waals surface area contributed by atoms with Gasteiger partial charge in [-0.05, 0) is 36.4 Å². The van der Waals surface area contributed by atoms with Crippen LogP contribution in [0.15, 0.2) is 40.9 Å². The summed E-state index contributed by atoms with van der Waals surface area (Å²) in [5, 5.41) is 15.3. The largest absolute Gasteiger partial charge is 0.342 e. The molecule has 1 aromatic carbocycles. The van der Waals surface area contributed by atoms with Gasteiger partial charge in [0.15, 0.2) is 0 Å². The molecule has 0 aliphatic carbocycles. The topological polar surface area (TPSA) is 91.8 Å². The predicted molar refractivity (Wildman–Crippen MR) is 84.9 cm³/mol. The number of hydrogen-bond donors (Lipinski definition) is 1. The van der Waals surface area contributed by atoms with E-state index in [9.17, 15) is 4.79 Å². The predicted octanol–water partition coefficient (Wildman–Crippen LogP) is 3.25. The summed E-state index contributed by atoms with van der Waals surface area (Å²) >= 11 is 6.99. The fourth-order valence-corrected chi connectivity index (χ4v) is 2.78. The number of aromatic nitrogens is 2. The van der Waals surface area contributed by atoms with Gasteiger partial charge in [0.05, 0.1) is 27.4 Å². The lowest BCUT2D eigenvalue weighted by atomic mass is 10.1. The van der Waals surface area contributed by atoms with Gasteiger partial charge in [-0.3, -0.25) is 4.79 Å². The molecule has 0 unspecified atom stereocenters. The molecule has 6 nitrogen and oxygen atoms in total. The second kappa shape index (κ2) is 6.60. The third-order valence-corrected chi connectivity index (χ3v) is 4.17. The monoisotopic (exact) mass is 344 g/mol. The lowest BCUT2D eigenvalue weighted by molar-refractivity contribution is 0.0950. The molecule has 0 bridgehead atoms. The Hall–Kier alpha value is -2.69. The molecule has 0 aliphatic heterocycles. The van der Waals surface area contributed by atoms with Crippen LogP contribution >= 0.6 is 22.9 Å². The van der Waals surface area contributed by atoms with Crippen LogP contribution in [0.3, 0.4) is 0 Å². The van der Waals surface area contributed by atoms with Gasteiger partial charge in [0.2, 0.25) is 11.7 Å². The number of nitriles is 1. The van der Waals surface area contributed by atoms with E-state index in [2.05, 4.69) is 15.5 Å². The molecular formula is C15H9ClN4O2S. The lowest BCUT2D eigenvalue weighted by Gasteiger charge is -1.98. The number of nitrogens with zero attached hydrogens (tertiary/aromatic N) is 3. The Morgan fingerprint density at radius 3 is 2.74 bits per heavy atom. The van der Waals surface area contributed by atoms with Gasteiger partial charge in [-0.1, -0.05) is 16.8 Å². The zero-order chi connectivity index (χ0) is 16.2. The molecule has 0 aliphatic rings. The first-order chi connectivity index (χ1) is 11.2. The van der Waals surface area contributed by atoms with Gasteiger partial charge in [0, 0.05) is 5.56 Å². The van der Waals surface area contributed by atoms with E-state index in [1.54, 1.807) is 36.4 Å². The highest BCUT2D eigenvalue weighted by Gasteiger charge is 2.12. The van der Waals surface area contributed by atoms with Crippen molar-refractivity contribution in [2.45, 2.75) is 6.54 Å². The summed E-state index contributed by atoms with van der Waals surface area (Å²) in [4.78, 5) is 16.6. The summed E-state index contributed by atoms with van der Waals surface area (Å²) in [6, 6.07) is 12.2. The number of thiophene rings is 1. The second-order valence-corrected chi connectivity index (χ2v) is 6.20. The first-order valence-corrected chi connectivity index (χ1v) is 7.72. The van der Waals surface area contributed by atoms with Crippen LogP contribution in [0, 0.1) is 11.3 Å². The zero-order valence-corrected chi connectivity index (χ0v) is 13.2. The van der Waals surface area contributed by atoms with Crippen LogP contribution in [-0.4, -0.2) is 16.0 Å². The number of hydrogen-bond acceptors (Lipinski definition) is 6. The van der Waals surface area contributed by atoms with Crippen molar-refractivity contribution in [2.24, 2.45) is 0 Å². The number of rotatable bonds is 4. The molecule has 0 saturated heterocycles. The van der Waals surface area contributed by atoms with Crippen LogP contribution in [0.4, 0.5) is 0 Å². The quantitative estimate of drug-likeness (QED) is 0.784. The Morgan fingerprint density at radius 2 is 2.09 bits per heavy atom. The molecular weight excluding hydrogens is 336 g/mol. The zero-order valence-electron chi connectivity index (χ0n) is 11.6. The molecule has 8 heteroatoms. The highest BCUT2D eigenvalue weighted by molar-refractivity contribution is 7.17. The molecule has 2 heterocycles. The van der Waals surface area contributed by atoms with Gasteiger partial charge >= 0.3 is 0 Å². The van der Waals surface area contributed by atoms with Gasteiger partial charge < -0.3 is 9.84 Å². The molecule has 0 spiro atoms. The maximum atomic E-state index is 11.9. The summed E-state index contributed by atoms with van der Waals surface area (Å²) in [5.41, 5.74) is 1.29.